The minimum atomic E-state index is -1.02. The third kappa shape index (κ3) is 5.09. The van der Waals surface area contributed by atoms with Gasteiger partial charge in [-0.25, -0.2) is 0 Å². The zero-order valence-corrected chi connectivity index (χ0v) is 16.5. The maximum Gasteiger partial charge on any atom is 0.326 e. The quantitative estimate of drug-likeness (QED) is 0.693. The van der Waals surface area contributed by atoms with Gasteiger partial charge in [-0.1, -0.05) is 0 Å². The zero-order valence-electron chi connectivity index (χ0n) is 16.5. The number of hydrogen-bond acceptors (Lipinski definition) is 6. The molecule has 0 aliphatic heterocycles. The molecule has 9 nitrogen and oxygen atoms in total. The first-order chi connectivity index (χ1) is 13.2. The van der Waals surface area contributed by atoms with Crippen molar-refractivity contribution in [1.29, 1.82) is 0 Å². The fraction of sp³-hybridized carbons (Fsp3) is 0.368. The van der Waals surface area contributed by atoms with Gasteiger partial charge in [0.25, 0.3) is 11.8 Å². The van der Waals surface area contributed by atoms with E-state index >= 15 is 0 Å². The van der Waals surface area contributed by atoms with E-state index in [9.17, 15) is 14.4 Å². The molecule has 9 heteroatoms. The number of ether oxygens (including phenoxy) is 2. The number of benzene rings is 1. The Kier molecular flexibility index (Phi) is 6.75. The summed E-state index contributed by atoms with van der Waals surface area (Å²) in [4.78, 5) is 36.2. The van der Waals surface area contributed by atoms with Gasteiger partial charge in [0.05, 0.1) is 24.2 Å². The van der Waals surface area contributed by atoms with Crippen LogP contribution in [0.1, 0.15) is 28.7 Å². The number of aryl methyl sites for hydroxylation is 2. The lowest BCUT2D eigenvalue weighted by Crippen LogP contribution is -2.36. The number of aromatic nitrogens is 2. The van der Waals surface area contributed by atoms with E-state index in [4.69, 9.17) is 9.47 Å². The van der Waals surface area contributed by atoms with Gasteiger partial charge in [-0.15, -0.1) is 0 Å². The van der Waals surface area contributed by atoms with E-state index in [1.807, 2.05) is 6.92 Å². The van der Waals surface area contributed by atoms with Crippen LogP contribution < -0.4 is 15.4 Å². The van der Waals surface area contributed by atoms with Crippen molar-refractivity contribution >= 4 is 23.5 Å². The number of hydrogen-bond donors (Lipinski definition) is 2. The van der Waals surface area contributed by atoms with Crippen molar-refractivity contribution in [1.82, 2.24) is 15.1 Å². The molecule has 0 fully saturated rings. The molecule has 0 saturated heterocycles. The minimum Gasteiger partial charge on any atom is -0.497 e. The molecule has 0 bridgehead atoms. The van der Waals surface area contributed by atoms with Crippen LogP contribution in [0, 0.1) is 13.8 Å². The van der Waals surface area contributed by atoms with Crippen LogP contribution in [0.2, 0.25) is 0 Å². The number of nitrogens with zero attached hydrogens (tertiary/aromatic N) is 2. The van der Waals surface area contributed by atoms with Gasteiger partial charge in [0.1, 0.15) is 12.3 Å². The Bertz CT molecular complexity index is 873. The van der Waals surface area contributed by atoms with E-state index in [1.54, 1.807) is 42.9 Å². The molecule has 0 aliphatic rings. The molecule has 0 aliphatic carbocycles. The first-order valence-electron chi connectivity index (χ1n) is 8.65. The normalized spacial score (nSPS) is 11.5. The standard InChI is InChI=1S/C19H24N4O5/c1-11-17(12(2)23(4)22-11)21-18(25)13(3)28-16(24)10-20-19(26)14-6-8-15(27-5)9-7-14/h6-9,13H,10H2,1-5H3,(H,20,26)(H,21,25)/t13-/m1/s1. The fourth-order valence-electron chi connectivity index (χ4n) is 2.47. The van der Waals surface area contributed by atoms with Crippen molar-refractivity contribution in [3.05, 3.63) is 41.2 Å². The molecule has 1 aromatic heterocycles. The predicted octanol–water partition coefficient (Wildman–Crippen LogP) is 1.35. The Morgan fingerprint density at radius 1 is 1.18 bits per heavy atom. The Hall–Kier alpha value is -3.36. The van der Waals surface area contributed by atoms with E-state index in [-0.39, 0.29) is 6.54 Å². The van der Waals surface area contributed by atoms with E-state index in [2.05, 4.69) is 15.7 Å². The summed E-state index contributed by atoms with van der Waals surface area (Å²) in [6, 6.07) is 6.44. The van der Waals surface area contributed by atoms with Gasteiger partial charge in [0.15, 0.2) is 6.10 Å². The number of nitrogens with one attached hydrogen (secondary N) is 2. The lowest BCUT2D eigenvalue weighted by Gasteiger charge is -2.14. The molecular weight excluding hydrogens is 364 g/mol. The molecule has 1 heterocycles. The minimum absolute atomic E-state index is 0.354. The highest BCUT2D eigenvalue weighted by Gasteiger charge is 2.21. The first kappa shape index (κ1) is 20.9. The first-order valence-corrected chi connectivity index (χ1v) is 8.65. The molecule has 2 N–H and O–H groups in total. The molecule has 0 unspecified atom stereocenters. The van der Waals surface area contributed by atoms with Crippen molar-refractivity contribution in [2.75, 3.05) is 19.0 Å². The molecule has 28 heavy (non-hydrogen) atoms. The Morgan fingerprint density at radius 2 is 1.82 bits per heavy atom. The third-order valence-corrected chi connectivity index (χ3v) is 4.18. The zero-order chi connectivity index (χ0) is 20.8. The Labute approximate surface area is 163 Å². The van der Waals surface area contributed by atoms with Crippen LogP contribution in [-0.2, 0) is 21.4 Å². The van der Waals surface area contributed by atoms with Gasteiger partial charge >= 0.3 is 5.97 Å². The molecule has 0 saturated carbocycles. The van der Waals surface area contributed by atoms with E-state index in [0.717, 1.165) is 5.69 Å². The predicted molar refractivity (Wildman–Crippen MR) is 102 cm³/mol. The Balaban J connectivity index is 1.84. The number of esters is 1. The highest BCUT2D eigenvalue weighted by molar-refractivity contribution is 5.97. The second kappa shape index (κ2) is 9.03. The van der Waals surface area contributed by atoms with Crippen molar-refractivity contribution < 1.29 is 23.9 Å². The number of carbonyl (C=O) groups is 3. The average molecular weight is 388 g/mol. The van der Waals surface area contributed by atoms with Gasteiger partial charge in [0, 0.05) is 12.6 Å². The van der Waals surface area contributed by atoms with Crippen molar-refractivity contribution in [2.24, 2.45) is 7.05 Å². The third-order valence-electron chi connectivity index (χ3n) is 4.18. The summed E-state index contributed by atoms with van der Waals surface area (Å²) in [7, 11) is 3.30. The SMILES string of the molecule is COc1ccc(C(=O)NCC(=O)O[C@H](C)C(=O)Nc2c(C)nn(C)c2C)cc1. The smallest absolute Gasteiger partial charge is 0.326 e. The summed E-state index contributed by atoms with van der Waals surface area (Å²) < 4.78 is 11.8. The number of anilines is 1. The van der Waals surface area contributed by atoms with E-state index in [0.29, 0.717) is 22.7 Å². The maximum atomic E-state index is 12.3. The average Bonchev–Trinajstić information content (AvgIpc) is 2.92. The molecule has 2 rings (SSSR count). The second-order valence-electron chi connectivity index (χ2n) is 6.20. The lowest BCUT2D eigenvalue weighted by molar-refractivity contribution is -0.152. The summed E-state index contributed by atoms with van der Waals surface area (Å²) in [6.07, 6.45) is -1.02. The van der Waals surface area contributed by atoms with Crippen LogP contribution in [0.4, 0.5) is 5.69 Å². The molecule has 0 radical (unpaired) electrons. The topological polar surface area (TPSA) is 112 Å². The van der Waals surface area contributed by atoms with E-state index in [1.165, 1.54) is 14.0 Å². The van der Waals surface area contributed by atoms with Crippen LogP contribution in [0.3, 0.4) is 0 Å². The monoisotopic (exact) mass is 388 g/mol. The summed E-state index contributed by atoms with van der Waals surface area (Å²) in [5, 5.41) is 9.37. The van der Waals surface area contributed by atoms with Gasteiger partial charge in [-0.05, 0) is 45.0 Å². The number of amides is 2. The number of methoxy groups -OCH3 is 1. The molecule has 0 spiro atoms. The fourth-order valence-corrected chi connectivity index (χ4v) is 2.47. The highest BCUT2D eigenvalue weighted by atomic mass is 16.5. The van der Waals surface area contributed by atoms with Crippen LogP contribution in [0.15, 0.2) is 24.3 Å². The molecule has 1 aromatic carbocycles. The van der Waals surface area contributed by atoms with Crippen LogP contribution >= 0.6 is 0 Å². The van der Waals surface area contributed by atoms with Gasteiger partial charge in [-0.3, -0.25) is 19.1 Å². The molecule has 1 atom stereocenters. The summed E-state index contributed by atoms with van der Waals surface area (Å²) in [5.41, 5.74) is 2.42. The highest BCUT2D eigenvalue weighted by Crippen LogP contribution is 2.18. The largest absolute Gasteiger partial charge is 0.497 e. The summed E-state index contributed by atoms with van der Waals surface area (Å²) in [5.74, 6) is -1.01. The van der Waals surface area contributed by atoms with E-state index < -0.39 is 23.9 Å². The molecule has 150 valence electrons. The number of carbonyl (C=O) groups excluding carboxylic acids is 3. The summed E-state index contributed by atoms with van der Waals surface area (Å²) >= 11 is 0. The van der Waals surface area contributed by atoms with Crippen LogP contribution in [0.5, 0.6) is 5.75 Å². The molecular formula is C19H24N4O5. The van der Waals surface area contributed by atoms with Crippen molar-refractivity contribution in [2.45, 2.75) is 26.9 Å². The Morgan fingerprint density at radius 3 is 2.36 bits per heavy atom. The van der Waals surface area contributed by atoms with Gasteiger partial charge in [0.2, 0.25) is 0 Å². The lowest BCUT2D eigenvalue weighted by atomic mass is 10.2. The van der Waals surface area contributed by atoms with Gasteiger partial charge in [-0.2, -0.15) is 5.10 Å². The van der Waals surface area contributed by atoms with Crippen LogP contribution in [0.25, 0.3) is 0 Å². The molecule has 2 aromatic rings. The van der Waals surface area contributed by atoms with Gasteiger partial charge < -0.3 is 20.1 Å². The second-order valence-corrected chi connectivity index (χ2v) is 6.20. The van der Waals surface area contributed by atoms with Crippen molar-refractivity contribution in [3.8, 4) is 5.75 Å². The number of rotatable bonds is 7. The van der Waals surface area contributed by atoms with Crippen molar-refractivity contribution in [3.63, 3.8) is 0 Å². The summed E-state index contributed by atoms with van der Waals surface area (Å²) in [6.45, 7) is 4.70. The van der Waals surface area contributed by atoms with Crippen LogP contribution in [-0.4, -0.2) is 47.3 Å². The maximum absolute atomic E-state index is 12.3. The molecule has 2 amide bonds.